The van der Waals surface area contributed by atoms with Gasteiger partial charge >= 0.3 is 0 Å². The van der Waals surface area contributed by atoms with Crippen molar-refractivity contribution in [2.45, 2.75) is 32.4 Å². The van der Waals surface area contributed by atoms with Crippen LogP contribution in [0.15, 0.2) is 24.3 Å². The number of carbonyl (C=O) groups excluding carboxylic acids is 1. The highest BCUT2D eigenvalue weighted by Gasteiger charge is 2.28. The second-order valence-electron chi connectivity index (χ2n) is 5.68. The van der Waals surface area contributed by atoms with E-state index in [0.29, 0.717) is 24.9 Å². The first kappa shape index (κ1) is 15.8. The molecule has 21 heavy (non-hydrogen) atoms. The highest BCUT2D eigenvalue weighted by atomic mass is 16.5. The Morgan fingerprint density at radius 1 is 1.43 bits per heavy atom. The fourth-order valence-corrected chi connectivity index (χ4v) is 2.60. The van der Waals surface area contributed by atoms with E-state index in [4.69, 9.17) is 10.5 Å². The normalized spacial score (nSPS) is 23.0. The number of nitrogen functional groups attached to an aromatic ring is 1. The van der Waals surface area contributed by atoms with Gasteiger partial charge in [-0.2, -0.15) is 0 Å². The van der Waals surface area contributed by atoms with Gasteiger partial charge < -0.3 is 15.4 Å². The number of rotatable bonds is 4. The fraction of sp³-hybridized carbons (Fsp3) is 0.562. The zero-order valence-corrected chi connectivity index (χ0v) is 13.1. The van der Waals surface area contributed by atoms with Crippen molar-refractivity contribution in [2.24, 2.45) is 0 Å². The lowest BCUT2D eigenvalue weighted by atomic mass is 10.1. The van der Waals surface area contributed by atoms with Gasteiger partial charge in [0.25, 0.3) is 0 Å². The van der Waals surface area contributed by atoms with Gasteiger partial charge in [0, 0.05) is 31.0 Å². The van der Waals surface area contributed by atoms with Gasteiger partial charge in [-0.25, -0.2) is 0 Å². The molecule has 0 saturated carbocycles. The molecule has 116 valence electrons. The van der Waals surface area contributed by atoms with E-state index in [1.165, 1.54) is 0 Å². The van der Waals surface area contributed by atoms with Gasteiger partial charge in [-0.3, -0.25) is 9.69 Å². The molecule has 1 aliphatic heterocycles. The van der Waals surface area contributed by atoms with E-state index >= 15 is 0 Å². The first-order valence-electron chi connectivity index (χ1n) is 7.49. The van der Waals surface area contributed by atoms with Gasteiger partial charge in [0.1, 0.15) is 0 Å². The molecule has 1 aliphatic rings. The average Bonchev–Trinajstić information content (AvgIpc) is 2.47. The monoisotopic (exact) mass is 291 g/mol. The standard InChI is InChI=1S/C16H25N3O2/c1-4-14-11-21-12(2)9-19(14)10-16(20)18(3)15-7-5-13(17)6-8-15/h5-8,12,14H,4,9-11,17H2,1-3H3. The van der Waals surface area contributed by atoms with Crippen LogP contribution in [0.1, 0.15) is 20.3 Å². The Bertz CT molecular complexity index is 475. The molecule has 5 nitrogen and oxygen atoms in total. The smallest absolute Gasteiger partial charge is 0.240 e. The van der Waals surface area contributed by atoms with Gasteiger partial charge in [0.15, 0.2) is 0 Å². The number of nitrogens with two attached hydrogens (primary N) is 1. The molecule has 1 saturated heterocycles. The average molecular weight is 291 g/mol. The van der Waals surface area contributed by atoms with Crippen LogP contribution in [0.25, 0.3) is 0 Å². The number of hydrogen-bond donors (Lipinski definition) is 1. The number of likely N-dealkylation sites (N-methyl/N-ethyl adjacent to an activating group) is 1. The highest BCUT2D eigenvalue weighted by Crippen LogP contribution is 2.18. The summed E-state index contributed by atoms with van der Waals surface area (Å²) in [4.78, 5) is 16.4. The Hall–Kier alpha value is -1.59. The maximum absolute atomic E-state index is 12.5. The molecule has 1 amide bonds. The number of hydrogen-bond acceptors (Lipinski definition) is 4. The van der Waals surface area contributed by atoms with E-state index in [1.54, 1.807) is 11.9 Å². The lowest BCUT2D eigenvalue weighted by molar-refractivity contribution is -0.123. The van der Waals surface area contributed by atoms with Crippen LogP contribution in [-0.4, -0.2) is 49.7 Å². The molecule has 1 heterocycles. The number of morpholine rings is 1. The van der Waals surface area contributed by atoms with Crippen molar-refractivity contribution in [1.29, 1.82) is 0 Å². The fourth-order valence-electron chi connectivity index (χ4n) is 2.60. The van der Waals surface area contributed by atoms with Crippen molar-refractivity contribution in [3.63, 3.8) is 0 Å². The van der Waals surface area contributed by atoms with Crippen molar-refractivity contribution in [2.75, 3.05) is 37.4 Å². The van der Waals surface area contributed by atoms with Crippen molar-refractivity contribution >= 4 is 17.3 Å². The zero-order chi connectivity index (χ0) is 15.4. The second kappa shape index (κ2) is 6.91. The maximum atomic E-state index is 12.5. The summed E-state index contributed by atoms with van der Waals surface area (Å²) in [7, 11) is 1.80. The predicted molar refractivity (Wildman–Crippen MR) is 85.3 cm³/mol. The van der Waals surface area contributed by atoms with Crippen LogP contribution in [-0.2, 0) is 9.53 Å². The highest BCUT2D eigenvalue weighted by molar-refractivity contribution is 5.94. The van der Waals surface area contributed by atoms with Gasteiger partial charge in [0.2, 0.25) is 5.91 Å². The molecule has 0 radical (unpaired) electrons. The Morgan fingerprint density at radius 2 is 2.10 bits per heavy atom. The Kier molecular flexibility index (Phi) is 5.20. The van der Waals surface area contributed by atoms with Crippen molar-refractivity contribution < 1.29 is 9.53 Å². The van der Waals surface area contributed by atoms with Gasteiger partial charge in [-0.15, -0.1) is 0 Å². The van der Waals surface area contributed by atoms with E-state index < -0.39 is 0 Å². The first-order valence-corrected chi connectivity index (χ1v) is 7.49. The molecule has 1 aromatic rings. The van der Waals surface area contributed by atoms with Crippen LogP contribution >= 0.6 is 0 Å². The first-order chi connectivity index (χ1) is 10.0. The molecular weight excluding hydrogens is 266 g/mol. The van der Waals surface area contributed by atoms with Crippen molar-refractivity contribution in [3.8, 4) is 0 Å². The molecule has 0 aliphatic carbocycles. The molecule has 1 aromatic carbocycles. The third-order valence-electron chi connectivity index (χ3n) is 4.05. The molecule has 2 rings (SSSR count). The minimum Gasteiger partial charge on any atom is -0.399 e. The van der Waals surface area contributed by atoms with Crippen molar-refractivity contribution in [3.05, 3.63) is 24.3 Å². The Morgan fingerprint density at radius 3 is 2.71 bits per heavy atom. The number of amides is 1. The van der Waals surface area contributed by atoms with Crippen LogP contribution in [0.4, 0.5) is 11.4 Å². The number of carbonyl (C=O) groups is 1. The van der Waals surface area contributed by atoms with Gasteiger partial charge in [-0.05, 0) is 37.6 Å². The molecular formula is C16H25N3O2. The largest absolute Gasteiger partial charge is 0.399 e. The molecule has 5 heteroatoms. The van der Waals surface area contributed by atoms with E-state index in [0.717, 1.165) is 18.7 Å². The van der Waals surface area contributed by atoms with Crippen LogP contribution in [0.5, 0.6) is 0 Å². The minimum absolute atomic E-state index is 0.0901. The summed E-state index contributed by atoms with van der Waals surface area (Å²) in [6.45, 7) is 6.11. The quantitative estimate of drug-likeness (QED) is 0.858. The zero-order valence-electron chi connectivity index (χ0n) is 13.1. The van der Waals surface area contributed by atoms with E-state index in [1.807, 2.05) is 31.2 Å². The van der Waals surface area contributed by atoms with Gasteiger partial charge in [-0.1, -0.05) is 6.92 Å². The summed E-state index contributed by atoms with van der Waals surface area (Å²) < 4.78 is 5.67. The summed E-state index contributed by atoms with van der Waals surface area (Å²) in [6, 6.07) is 7.68. The number of ether oxygens (including phenoxy) is 1. The molecule has 2 N–H and O–H groups in total. The second-order valence-corrected chi connectivity index (χ2v) is 5.68. The SMILES string of the molecule is CCC1COC(C)CN1CC(=O)N(C)c1ccc(N)cc1. The van der Waals surface area contributed by atoms with E-state index in [-0.39, 0.29) is 12.0 Å². The van der Waals surface area contributed by atoms with Crippen LogP contribution in [0.2, 0.25) is 0 Å². The summed E-state index contributed by atoms with van der Waals surface area (Å²) in [5.41, 5.74) is 7.24. The maximum Gasteiger partial charge on any atom is 0.240 e. The molecule has 1 fully saturated rings. The Labute approximate surface area is 126 Å². The number of anilines is 2. The Balaban J connectivity index is 2.00. The molecule has 0 bridgehead atoms. The molecule has 2 unspecified atom stereocenters. The summed E-state index contributed by atoms with van der Waals surface area (Å²) in [5, 5.41) is 0. The molecule has 0 spiro atoms. The number of benzene rings is 1. The van der Waals surface area contributed by atoms with Crippen molar-refractivity contribution in [1.82, 2.24) is 4.90 Å². The summed E-state index contributed by atoms with van der Waals surface area (Å²) >= 11 is 0. The summed E-state index contributed by atoms with van der Waals surface area (Å²) in [6.07, 6.45) is 1.17. The van der Waals surface area contributed by atoms with E-state index in [9.17, 15) is 4.79 Å². The molecule has 0 aromatic heterocycles. The van der Waals surface area contributed by atoms with Gasteiger partial charge in [0.05, 0.1) is 19.3 Å². The topological polar surface area (TPSA) is 58.8 Å². The lowest BCUT2D eigenvalue weighted by Crippen LogP contribution is -2.52. The number of nitrogens with zero attached hydrogens (tertiary/aromatic N) is 2. The predicted octanol–water partition coefficient (Wildman–Crippen LogP) is 1.73. The third kappa shape index (κ3) is 3.95. The van der Waals surface area contributed by atoms with Crippen LogP contribution < -0.4 is 10.6 Å². The van der Waals surface area contributed by atoms with E-state index in [2.05, 4.69) is 11.8 Å². The van der Waals surface area contributed by atoms with Crippen LogP contribution in [0, 0.1) is 0 Å². The summed E-state index contributed by atoms with van der Waals surface area (Å²) in [5.74, 6) is 0.0901. The minimum atomic E-state index is 0.0901. The molecule has 2 atom stereocenters. The third-order valence-corrected chi connectivity index (χ3v) is 4.05. The lowest BCUT2D eigenvalue weighted by Gasteiger charge is -2.38. The van der Waals surface area contributed by atoms with Crippen LogP contribution in [0.3, 0.4) is 0 Å².